The molecule has 0 saturated heterocycles. The Hall–Kier alpha value is -3.61. The number of fused-ring (bicyclic) bond motifs is 1. The van der Waals surface area contributed by atoms with Crippen molar-refractivity contribution in [3.8, 4) is 10.7 Å². The maximum atomic E-state index is 4.67. The van der Waals surface area contributed by atoms with Crippen molar-refractivity contribution in [3.63, 3.8) is 0 Å². The van der Waals surface area contributed by atoms with Crippen LogP contribution in [0.3, 0.4) is 0 Å². The van der Waals surface area contributed by atoms with Crippen LogP contribution in [0.1, 0.15) is 22.3 Å². The number of aromatic amines is 1. The summed E-state index contributed by atoms with van der Waals surface area (Å²) in [5.74, 6) is 0. The molecule has 0 aliphatic heterocycles. The van der Waals surface area contributed by atoms with Gasteiger partial charge in [0.25, 0.3) is 0 Å². The number of H-pyrrole nitrogens is 1. The second kappa shape index (κ2) is 8.63. The van der Waals surface area contributed by atoms with Crippen molar-refractivity contribution in [2.45, 2.75) is 5.41 Å². The zero-order valence-electron chi connectivity index (χ0n) is 18.0. The second-order valence-electron chi connectivity index (χ2n) is 7.98. The molecule has 0 spiro atoms. The molecule has 3 aromatic heterocycles. The number of nitrogens with zero attached hydrogens (tertiary/aromatic N) is 3. The summed E-state index contributed by atoms with van der Waals surface area (Å²) >= 11 is 5.06. The summed E-state index contributed by atoms with van der Waals surface area (Å²) in [6.45, 7) is 0. The highest BCUT2D eigenvalue weighted by atomic mass is 79.9. The van der Waals surface area contributed by atoms with Gasteiger partial charge in [0.15, 0.2) is 5.65 Å². The van der Waals surface area contributed by atoms with Crippen LogP contribution >= 0.6 is 27.3 Å². The number of pyridine rings is 1. The molecule has 6 heteroatoms. The van der Waals surface area contributed by atoms with Crippen molar-refractivity contribution >= 4 is 38.3 Å². The van der Waals surface area contributed by atoms with E-state index in [1.54, 1.807) is 11.3 Å². The molecule has 3 heterocycles. The molecule has 0 fully saturated rings. The summed E-state index contributed by atoms with van der Waals surface area (Å²) in [6, 6.07) is 34.1. The van der Waals surface area contributed by atoms with Gasteiger partial charge < -0.3 is 0 Å². The summed E-state index contributed by atoms with van der Waals surface area (Å²) in [7, 11) is 0. The van der Waals surface area contributed by atoms with E-state index in [4.69, 9.17) is 0 Å². The smallest absolute Gasteiger partial charge is 0.156 e. The molecule has 6 aromatic rings. The SMILES string of the molecule is Brc1csc(-c2n[nH]c3nccc(C(c4ccccc4)(c4ccccc4)c4ccccc4)c23)n1. The van der Waals surface area contributed by atoms with Crippen LogP contribution in [0.25, 0.3) is 21.7 Å². The quantitative estimate of drug-likeness (QED) is 0.243. The fourth-order valence-corrected chi connectivity index (χ4v) is 6.06. The van der Waals surface area contributed by atoms with E-state index in [1.807, 2.05) is 11.6 Å². The van der Waals surface area contributed by atoms with Crippen LogP contribution in [-0.2, 0) is 5.41 Å². The number of hydrogen-bond donors (Lipinski definition) is 1. The lowest BCUT2D eigenvalue weighted by Crippen LogP contribution is -2.31. The molecule has 0 radical (unpaired) electrons. The summed E-state index contributed by atoms with van der Waals surface area (Å²) in [5, 5.41) is 11.6. The topological polar surface area (TPSA) is 54.5 Å². The lowest BCUT2D eigenvalue weighted by atomic mass is 9.64. The Balaban J connectivity index is 1.80. The van der Waals surface area contributed by atoms with Crippen LogP contribution in [0.5, 0.6) is 0 Å². The third-order valence-corrected chi connectivity index (χ3v) is 7.72. The molecule has 4 nitrogen and oxygen atoms in total. The summed E-state index contributed by atoms with van der Waals surface area (Å²) in [5.41, 5.74) is 5.59. The van der Waals surface area contributed by atoms with Gasteiger partial charge in [-0.2, -0.15) is 5.10 Å². The molecule has 0 amide bonds. The lowest BCUT2D eigenvalue weighted by molar-refractivity contribution is 0.751. The van der Waals surface area contributed by atoms with Crippen molar-refractivity contribution in [2.24, 2.45) is 0 Å². The highest BCUT2D eigenvalue weighted by Crippen LogP contribution is 2.48. The van der Waals surface area contributed by atoms with E-state index < -0.39 is 5.41 Å². The second-order valence-corrected chi connectivity index (χ2v) is 9.65. The van der Waals surface area contributed by atoms with Crippen LogP contribution in [0, 0.1) is 0 Å². The summed E-state index contributed by atoms with van der Waals surface area (Å²) in [4.78, 5) is 9.31. The van der Waals surface area contributed by atoms with E-state index in [0.29, 0.717) is 0 Å². The van der Waals surface area contributed by atoms with Crippen LogP contribution in [0.15, 0.2) is 113 Å². The molecule has 164 valence electrons. The number of hydrogen-bond acceptors (Lipinski definition) is 4. The van der Waals surface area contributed by atoms with Gasteiger partial charge in [0, 0.05) is 11.6 Å². The van der Waals surface area contributed by atoms with E-state index in [2.05, 4.69) is 133 Å². The van der Waals surface area contributed by atoms with E-state index in [9.17, 15) is 0 Å². The van der Waals surface area contributed by atoms with Gasteiger partial charge in [-0.15, -0.1) is 11.3 Å². The van der Waals surface area contributed by atoms with E-state index >= 15 is 0 Å². The van der Waals surface area contributed by atoms with Crippen LogP contribution in [0.2, 0.25) is 0 Å². The minimum atomic E-state index is -0.585. The fourth-order valence-electron chi connectivity index (χ4n) is 4.81. The zero-order chi connectivity index (χ0) is 23.0. The van der Waals surface area contributed by atoms with Gasteiger partial charge in [0.2, 0.25) is 0 Å². The zero-order valence-corrected chi connectivity index (χ0v) is 20.4. The average Bonchev–Trinajstić information content (AvgIpc) is 3.53. The van der Waals surface area contributed by atoms with Crippen molar-refractivity contribution in [1.29, 1.82) is 0 Å². The van der Waals surface area contributed by atoms with Gasteiger partial charge in [-0.25, -0.2) is 9.97 Å². The van der Waals surface area contributed by atoms with Crippen molar-refractivity contribution < 1.29 is 0 Å². The Morgan fingerprint density at radius 3 is 1.79 bits per heavy atom. The Bertz CT molecular complexity index is 1460. The highest BCUT2D eigenvalue weighted by Gasteiger charge is 2.40. The Labute approximate surface area is 209 Å². The predicted molar refractivity (Wildman–Crippen MR) is 141 cm³/mol. The number of aromatic nitrogens is 4. The molecule has 1 N–H and O–H groups in total. The predicted octanol–water partition coefficient (Wildman–Crippen LogP) is 7.23. The summed E-state index contributed by atoms with van der Waals surface area (Å²) in [6.07, 6.45) is 1.86. The van der Waals surface area contributed by atoms with Gasteiger partial charge in [-0.3, -0.25) is 5.10 Å². The number of rotatable bonds is 5. The number of thiazole rings is 1. The van der Waals surface area contributed by atoms with E-state index in [0.717, 1.165) is 31.9 Å². The van der Waals surface area contributed by atoms with Crippen LogP contribution in [-0.4, -0.2) is 20.2 Å². The van der Waals surface area contributed by atoms with Gasteiger partial charge in [-0.05, 0) is 44.3 Å². The van der Waals surface area contributed by atoms with Crippen LogP contribution in [0.4, 0.5) is 0 Å². The van der Waals surface area contributed by atoms with Gasteiger partial charge in [-0.1, -0.05) is 91.0 Å². The lowest BCUT2D eigenvalue weighted by Gasteiger charge is -2.37. The normalized spacial score (nSPS) is 11.7. The molecule has 0 atom stereocenters. The molecular weight excluding hydrogens is 504 g/mol. The Morgan fingerprint density at radius 2 is 1.29 bits per heavy atom. The highest BCUT2D eigenvalue weighted by molar-refractivity contribution is 9.10. The molecule has 0 aliphatic rings. The first kappa shape index (κ1) is 21.0. The monoisotopic (exact) mass is 522 g/mol. The molecular formula is C28H19BrN4S. The largest absolute Gasteiger partial charge is 0.260 e. The van der Waals surface area contributed by atoms with Crippen molar-refractivity contribution in [3.05, 3.63) is 135 Å². The third kappa shape index (κ3) is 3.30. The fraction of sp³-hybridized carbons (Fsp3) is 0.0357. The summed E-state index contributed by atoms with van der Waals surface area (Å²) < 4.78 is 0.800. The van der Waals surface area contributed by atoms with Crippen molar-refractivity contribution in [1.82, 2.24) is 20.2 Å². The van der Waals surface area contributed by atoms with Gasteiger partial charge in [0.1, 0.15) is 15.3 Å². The van der Waals surface area contributed by atoms with E-state index in [-0.39, 0.29) is 0 Å². The number of halogens is 1. The first-order valence-corrected chi connectivity index (χ1v) is 12.6. The average molecular weight is 523 g/mol. The molecule has 0 unspecified atom stereocenters. The molecule has 3 aromatic carbocycles. The van der Waals surface area contributed by atoms with Gasteiger partial charge >= 0.3 is 0 Å². The van der Waals surface area contributed by atoms with E-state index in [1.165, 1.54) is 16.7 Å². The van der Waals surface area contributed by atoms with Crippen LogP contribution < -0.4 is 0 Å². The molecule has 6 rings (SSSR count). The molecule has 0 aliphatic carbocycles. The number of nitrogens with one attached hydrogen (secondary N) is 1. The number of benzene rings is 3. The minimum Gasteiger partial charge on any atom is -0.260 e. The minimum absolute atomic E-state index is 0.585. The van der Waals surface area contributed by atoms with Gasteiger partial charge in [0.05, 0.1) is 10.8 Å². The first-order valence-electron chi connectivity index (χ1n) is 10.9. The Kier molecular flexibility index (Phi) is 5.32. The standard InChI is InChI=1S/C28H19BrN4S/c29-23-18-34-27(31-23)25-24-22(16-17-30-26(24)33-32-25)28(19-10-4-1-5-11-19,20-12-6-2-7-13-20)21-14-8-3-9-15-21/h1-18H,(H,30,32,33). The molecule has 0 bridgehead atoms. The first-order chi connectivity index (χ1) is 16.8. The maximum absolute atomic E-state index is 4.67. The molecule has 34 heavy (non-hydrogen) atoms. The third-order valence-electron chi connectivity index (χ3n) is 6.16. The van der Waals surface area contributed by atoms with Crippen molar-refractivity contribution in [2.75, 3.05) is 0 Å². The molecule has 0 saturated carbocycles. The maximum Gasteiger partial charge on any atom is 0.156 e. The Morgan fingerprint density at radius 1 is 0.735 bits per heavy atom.